The number of ether oxygens (including phenoxy) is 1. The second kappa shape index (κ2) is 8.49. The van der Waals surface area contributed by atoms with E-state index < -0.39 is 12.0 Å². The Morgan fingerprint density at radius 1 is 1.50 bits per heavy atom. The summed E-state index contributed by atoms with van der Waals surface area (Å²) in [7, 11) is 0. The molecule has 6 nitrogen and oxygen atoms in total. The number of carboxylic acids is 1. The Hall–Kier alpha value is -0.790. The number of hydrogen-bond acceptors (Lipinski definition) is 5. The highest BCUT2D eigenvalue weighted by Gasteiger charge is 2.24. The summed E-state index contributed by atoms with van der Waals surface area (Å²) in [5.74, 6) is -0.220. The minimum Gasteiger partial charge on any atom is -0.480 e. The van der Waals surface area contributed by atoms with Crippen LogP contribution in [0.4, 0.5) is 0 Å². The summed E-state index contributed by atoms with van der Waals surface area (Å²) in [6.45, 7) is 8.19. The van der Waals surface area contributed by atoms with Crippen LogP contribution in [0, 0.1) is 0 Å². The Labute approximate surface area is 124 Å². The summed E-state index contributed by atoms with van der Waals surface area (Å²) < 4.78 is 5.68. The van der Waals surface area contributed by atoms with E-state index in [2.05, 4.69) is 24.1 Å². The number of morpholine rings is 1. The minimum absolute atomic E-state index is 0.128. The zero-order chi connectivity index (χ0) is 15.1. The van der Waals surface area contributed by atoms with Crippen LogP contribution in [0.15, 0.2) is 0 Å². The first-order valence-electron chi connectivity index (χ1n) is 6.83. The maximum atomic E-state index is 11.0. The van der Waals surface area contributed by atoms with Gasteiger partial charge in [-0.05, 0) is 13.8 Å². The van der Waals surface area contributed by atoms with Gasteiger partial charge in [-0.2, -0.15) is 11.8 Å². The van der Waals surface area contributed by atoms with E-state index in [0.29, 0.717) is 11.8 Å². The van der Waals surface area contributed by atoms with Crippen molar-refractivity contribution in [3.8, 4) is 0 Å². The van der Waals surface area contributed by atoms with Crippen LogP contribution in [-0.4, -0.2) is 71.3 Å². The Morgan fingerprint density at radius 2 is 2.20 bits per heavy atom. The maximum absolute atomic E-state index is 11.0. The van der Waals surface area contributed by atoms with E-state index in [1.54, 1.807) is 0 Å². The summed E-state index contributed by atoms with van der Waals surface area (Å²) in [5.41, 5.74) is 0. The molecule has 0 bridgehead atoms. The van der Waals surface area contributed by atoms with Gasteiger partial charge in [0.25, 0.3) is 0 Å². The van der Waals surface area contributed by atoms with Gasteiger partial charge >= 0.3 is 5.97 Å². The van der Waals surface area contributed by atoms with Crippen molar-refractivity contribution >= 4 is 23.6 Å². The van der Waals surface area contributed by atoms with Gasteiger partial charge in [0, 0.05) is 37.6 Å². The van der Waals surface area contributed by atoms with Crippen LogP contribution >= 0.6 is 11.8 Å². The molecule has 0 aromatic heterocycles. The monoisotopic (exact) mass is 304 g/mol. The maximum Gasteiger partial charge on any atom is 0.327 e. The zero-order valence-electron chi connectivity index (χ0n) is 12.3. The van der Waals surface area contributed by atoms with Crippen LogP contribution in [0.1, 0.15) is 20.8 Å². The van der Waals surface area contributed by atoms with Gasteiger partial charge in [-0.15, -0.1) is 0 Å². The molecule has 1 aliphatic rings. The molecule has 2 N–H and O–H groups in total. The topological polar surface area (TPSA) is 78.9 Å². The number of hydrogen-bond donors (Lipinski definition) is 2. The lowest BCUT2D eigenvalue weighted by molar-refractivity contribution is -0.140. The summed E-state index contributed by atoms with van der Waals surface area (Å²) in [6.07, 6.45) is 0.128. The molecule has 0 aromatic rings. The first-order valence-corrected chi connectivity index (χ1v) is 7.99. The number of carboxylic acid groups (broad SMARTS) is 1. The van der Waals surface area contributed by atoms with E-state index in [4.69, 9.17) is 9.84 Å². The lowest BCUT2D eigenvalue weighted by Gasteiger charge is -2.35. The van der Waals surface area contributed by atoms with Crippen LogP contribution in [0.25, 0.3) is 0 Å². The largest absolute Gasteiger partial charge is 0.480 e. The molecule has 0 saturated carbocycles. The quantitative estimate of drug-likeness (QED) is 0.709. The third-order valence-corrected chi connectivity index (χ3v) is 4.34. The molecular formula is C13H24N2O4S. The van der Waals surface area contributed by atoms with E-state index in [0.717, 1.165) is 25.4 Å². The second-order valence-corrected chi connectivity index (χ2v) is 6.29. The Morgan fingerprint density at radius 3 is 2.75 bits per heavy atom. The molecule has 1 saturated heterocycles. The van der Waals surface area contributed by atoms with Gasteiger partial charge in [0.15, 0.2) is 0 Å². The van der Waals surface area contributed by atoms with Gasteiger partial charge in [0.05, 0.1) is 12.7 Å². The fourth-order valence-electron chi connectivity index (χ4n) is 2.05. The summed E-state index contributed by atoms with van der Waals surface area (Å²) in [4.78, 5) is 24.3. The van der Waals surface area contributed by atoms with Crippen molar-refractivity contribution < 1.29 is 19.4 Å². The van der Waals surface area contributed by atoms with Crippen molar-refractivity contribution in [3.05, 3.63) is 0 Å². The molecule has 2 atom stereocenters. The molecular weight excluding hydrogens is 280 g/mol. The number of carbonyl (C=O) groups is 2. The van der Waals surface area contributed by atoms with Crippen molar-refractivity contribution in [1.82, 2.24) is 10.2 Å². The molecule has 0 aromatic carbocycles. The number of carbonyl (C=O) groups excluding carboxylic acids is 1. The standard InChI is InChI=1S/C13H24N2O4S/c1-9(2)15-4-5-19-11(6-15)7-20-8-12(13(17)18)14-10(3)16/h9,11-12H,4-8H2,1-3H3,(H,14,16)(H,17,18). The van der Waals surface area contributed by atoms with Gasteiger partial charge in [0.1, 0.15) is 6.04 Å². The van der Waals surface area contributed by atoms with Crippen LogP contribution in [-0.2, 0) is 14.3 Å². The van der Waals surface area contributed by atoms with Crippen LogP contribution in [0.5, 0.6) is 0 Å². The Balaban J connectivity index is 2.31. The molecule has 20 heavy (non-hydrogen) atoms. The molecule has 0 aliphatic carbocycles. The van der Waals surface area contributed by atoms with E-state index >= 15 is 0 Å². The molecule has 1 heterocycles. The molecule has 1 fully saturated rings. The summed E-state index contributed by atoms with van der Waals surface area (Å²) >= 11 is 1.50. The second-order valence-electron chi connectivity index (χ2n) is 5.21. The normalized spacial score (nSPS) is 21.7. The first kappa shape index (κ1) is 17.3. The Bertz CT molecular complexity index is 338. The lowest BCUT2D eigenvalue weighted by Crippen LogP contribution is -2.47. The van der Waals surface area contributed by atoms with Crippen molar-refractivity contribution in [2.75, 3.05) is 31.2 Å². The molecule has 2 unspecified atom stereocenters. The van der Waals surface area contributed by atoms with E-state index in [1.807, 2.05) is 0 Å². The van der Waals surface area contributed by atoms with Gasteiger partial charge in [-0.1, -0.05) is 0 Å². The third kappa shape index (κ3) is 6.11. The highest BCUT2D eigenvalue weighted by Crippen LogP contribution is 2.14. The minimum atomic E-state index is -0.999. The van der Waals surface area contributed by atoms with Crippen molar-refractivity contribution in [3.63, 3.8) is 0 Å². The summed E-state index contributed by atoms with van der Waals surface area (Å²) in [6, 6.07) is -0.333. The number of thioether (sulfide) groups is 1. The smallest absolute Gasteiger partial charge is 0.327 e. The van der Waals surface area contributed by atoms with Crippen molar-refractivity contribution in [2.45, 2.75) is 39.0 Å². The third-order valence-electron chi connectivity index (χ3n) is 3.16. The number of nitrogens with one attached hydrogen (secondary N) is 1. The molecule has 1 amide bonds. The highest BCUT2D eigenvalue weighted by atomic mass is 32.2. The average molecular weight is 304 g/mol. The van der Waals surface area contributed by atoms with E-state index in [-0.39, 0.29) is 12.0 Å². The average Bonchev–Trinajstić information content (AvgIpc) is 2.37. The van der Waals surface area contributed by atoms with E-state index in [9.17, 15) is 9.59 Å². The predicted octanol–water partition coefficient (Wildman–Crippen LogP) is 0.418. The number of aliphatic carboxylic acids is 1. The van der Waals surface area contributed by atoms with Crippen molar-refractivity contribution in [2.24, 2.45) is 0 Å². The fourth-order valence-corrected chi connectivity index (χ4v) is 3.11. The van der Waals surface area contributed by atoms with Crippen LogP contribution in [0.2, 0.25) is 0 Å². The van der Waals surface area contributed by atoms with Crippen LogP contribution < -0.4 is 5.32 Å². The Kier molecular flexibility index (Phi) is 7.32. The highest BCUT2D eigenvalue weighted by molar-refractivity contribution is 7.99. The van der Waals surface area contributed by atoms with Gasteiger partial charge in [0.2, 0.25) is 5.91 Å². The molecule has 1 aliphatic heterocycles. The summed E-state index contributed by atoms with van der Waals surface area (Å²) in [5, 5.41) is 11.4. The van der Waals surface area contributed by atoms with Gasteiger partial charge in [-0.25, -0.2) is 4.79 Å². The van der Waals surface area contributed by atoms with Crippen molar-refractivity contribution in [1.29, 1.82) is 0 Å². The zero-order valence-corrected chi connectivity index (χ0v) is 13.1. The molecule has 1 rings (SSSR count). The molecule has 0 radical (unpaired) electrons. The number of nitrogens with zero attached hydrogens (tertiary/aromatic N) is 1. The van der Waals surface area contributed by atoms with Gasteiger partial charge in [-0.3, -0.25) is 9.69 Å². The van der Waals surface area contributed by atoms with E-state index in [1.165, 1.54) is 18.7 Å². The number of rotatable bonds is 7. The molecule has 116 valence electrons. The SMILES string of the molecule is CC(=O)NC(CSCC1CN(C(C)C)CCO1)C(=O)O. The van der Waals surface area contributed by atoms with Gasteiger partial charge < -0.3 is 15.2 Å². The first-order chi connectivity index (χ1) is 9.40. The lowest BCUT2D eigenvalue weighted by atomic mass is 10.2. The molecule has 7 heteroatoms. The number of amides is 1. The predicted molar refractivity (Wildman–Crippen MR) is 79.0 cm³/mol. The fraction of sp³-hybridized carbons (Fsp3) is 0.846. The van der Waals surface area contributed by atoms with Crippen LogP contribution in [0.3, 0.4) is 0 Å². The molecule has 0 spiro atoms.